The average Bonchev–Trinajstić information content (AvgIpc) is 2.62. The summed E-state index contributed by atoms with van der Waals surface area (Å²) in [6.07, 6.45) is -0.991. The molecule has 6 nitrogen and oxygen atoms in total. The van der Waals surface area contributed by atoms with E-state index in [0.29, 0.717) is 11.3 Å². The number of likely N-dealkylation sites (N-methyl/N-ethyl adjacent to an activating group) is 1. The van der Waals surface area contributed by atoms with Crippen molar-refractivity contribution in [3.05, 3.63) is 65.2 Å². The molecule has 0 saturated heterocycles. The van der Waals surface area contributed by atoms with E-state index in [1.165, 1.54) is 18.9 Å². The third-order valence-corrected chi connectivity index (χ3v) is 3.98. The molecule has 0 radical (unpaired) electrons. The van der Waals surface area contributed by atoms with Crippen molar-refractivity contribution in [1.82, 2.24) is 4.90 Å². The molecule has 0 aliphatic rings. The number of esters is 1. The molecule has 0 spiro atoms. The van der Waals surface area contributed by atoms with Crippen molar-refractivity contribution in [2.75, 3.05) is 18.9 Å². The minimum Gasteiger partial charge on any atom is -0.449 e. The predicted molar refractivity (Wildman–Crippen MR) is 104 cm³/mol. The number of aryl methyl sites for hydroxylation is 2. The highest BCUT2D eigenvalue weighted by Gasteiger charge is 2.23. The van der Waals surface area contributed by atoms with E-state index in [1.54, 1.807) is 30.3 Å². The van der Waals surface area contributed by atoms with Gasteiger partial charge >= 0.3 is 5.97 Å². The second kappa shape index (κ2) is 8.98. The van der Waals surface area contributed by atoms with Crippen molar-refractivity contribution in [3.8, 4) is 0 Å². The molecule has 0 aliphatic carbocycles. The normalized spacial score (nSPS) is 11.4. The fourth-order valence-corrected chi connectivity index (χ4v) is 2.49. The van der Waals surface area contributed by atoms with E-state index in [9.17, 15) is 14.4 Å². The fourth-order valence-electron chi connectivity index (χ4n) is 2.49. The van der Waals surface area contributed by atoms with Crippen molar-refractivity contribution in [3.63, 3.8) is 0 Å². The first-order chi connectivity index (χ1) is 12.8. The van der Waals surface area contributed by atoms with E-state index >= 15 is 0 Å². The van der Waals surface area contributed by atoms with Crippen LogP contribution in [-0.2, 0) is 14.3 Å². The third-order valence-electron chi connectivity index (χ3n) is 3.98. The molecular formula is C21H24N2O4. The Bertz CT molecular complexity index is 830. The molecule has 1 atom stereocenters. The zero-order valence-corrected chi connectivity index (χ0v) is 16.0. The summed E-state index contributed by atoms with van der Waals surface area (Å²) in [4.78, 5) is 37.9. The van der Waals surface area contributed by atoms with Crippen molar-refractivity contribution >= 4 is 23.5 Å². The highest BCUT2D eigenvalue weighted by atomic mass is 16.5. The molecule has 2 aromatic rings. The molecule has 6 heteroatoms. The molecule has 2 aromatic carbocycles. The topological polar surface area (TPSA) is 75.7 Å². The second-order valence-corrected chi connectivity index (χ2v) is 6.53. The summed E-state index contributed by atoms with van der Waals surface area (Å²) in [6, 6.07) is 14.3. The molecule has 0 saturated carbocycles. The van der Waals surface area contributed by atoms with Crippen molar-refractivity contribution < 1.29 is 19.1 Å². The van der Waals surface area contributed by atoms with Crippen LogP contribution in [-0.4, -0.2) is 42.4 Å². The highest BCUT2D eigenvalue weighted by molar-refractivity contribution is 5.96. The van der Waals surface area contributed by atoms with E-state index < -0.39 is 18.0 Å². The van der Waals surface area contributed by atoms with Gasteiger partial charge in [-0.15, -0.1) is 0 Å². The summed E-state index contributed by atoms with van der Waals surface area (Å²) in [6.45, 7) is 5.17. The first kappa shape index (κ1) is 20.2. The van der Waals surface area contributed by atoms with Gasteiger partial charge in [-0.25, -0.2) is 4.79 Å². The van der Waals surface area contributed by atoms with Crippen LogP contribution in [0.2, 0.25) is 0 Å². The first-order valence-corrected chi connectivity index (χ1v) is 8.65. The van der Waals surface area contributed by atoms with Gasteiger partial charge in [0.1, 0.15) is 0 Å². The summed E-state index contributed by atoms with van der Waals surface area (Å²) < 4.78 is 5.23. The Hall–Kier alpha value is -3.15. The molecule has 2 amide bonds. The molecule has 0 heterocycles. The van der Waals surface area contributed by atoms with Gasteiger partial charge in [-0.3, -0.25) is 9.59 Å². The van der Waals surface area contributed by atoms with Crippen LogP contribution in [0, 0.1) is 13.8 Å². The third kappa shape index (κ3) is 5.95. The minimum absolute atomic E-state index is 0.140. The molecule has 0 aliphatic heterocycles. The minimum atomic E-state index is -0.991. The van der Waals surface area contributed by atoms with Gasteiger partial charge in [0.2, 0.25) is 5.91 Å². The number of anilines is 1. The lowest BCUT2D eigenvalue weighted by Crippen LogP contribution is -2.41. The standard InChI is InChI=1S/C21H24N2O4/c1-14-8-10-18(11-9-14)22-19(24)13-23(4)20(25)16(3)27-21(26)17-7-5-6-15(2)12-17/h5-12,16H,13H2,1-4H3,(H,22,24)/t16-/m0/s1. The van der Waals surface area contributed by atoms with E-state index in [-0.39, 0.29) is 12.5 Å². The molecule has 0 aromatic heterocycles. The van der Waals surface area contributed by atoms with Gasteiger partial charge in [0.15, 0.2) is 6.10 Å². The molecule has 0 bridgehead atoms. The number of rotatable bonds is 6. The summed E-state index contributed by atoms with van der Waals surface area (Å²) in [5.74, 6) is -1.35. The Morgan fingerprint density at radius 1 is 1.04 bits per heavy atom. The first-order valence-electron chi connectivity index (χ1n) is 8.65. The van der Waals surface area contributed by atoms with Gasteiger partial charge in [-0.1, -0.05) is 35.4 Å². The maximum absolute atomic E-state index is 12.4. The number of hydrogen-bond donors (Lipinski definition) is 1. The number of nitrogens with zero attached hydrogens (tertiary/aromatic N) is 1. The van der Waals surface area contributed by atoms with Crippen LogP contribution in [0.15, 0.2) is 48.5 Å². The number of carbonyl (C=O) groups excluding carboxylic acids is 3. The lowest BCUT2D eigenvalue weighted by molar-refractivity contribution is -0.140. The summed E-state index contributed by atoms with van der Waals surface area (Å²) in [5, 5.41) is 2.73. The SMILES string of the molecule is Cc1ccc(NC(=O)CN(C)C(=O)[C@H](C)OC(=O)c2cccc(C)c2)cc1. The van der Waals surface area contributed by atoms with Gasteiger partial charge in [0.05, 0.1) is 12.1 Å². The van der Waals surface area contributed by atoms with E-state index in [0.717, 1.165) is 11.1 Å². The number of ether oxygens (including phenoxy) is 1. The van der Waals surface area contributed by atoms with Crippen molar-refractivity contribution in [2.24, 2.45) is 0 Å². The van der Waals surface area contributed by atoms with Crippen LogP contribution in [0.25, 0.3) is 0 Å². The van der Waals surface area contributed by atoms with Crippen LogP contribution in [0.3, 0.4) is 0 Å². The van der Waals surface area contributed by atoms with Crippen LogP contribution >= 0.6 is 0 Å². The van der Waals surface area contributed by atoms with Crippen LogP contribution in [0.5, 0.6) is 0 Å². The van der Waals surface area contributed by atoms with Gasteiger partial charge in [0.25, 0.3) is 5.91 Å². The summed E-state index contributed by atoms with van der Waals surface area (Å²) >= 11 is 0. The van der Waals surface area contributed by atoms with Crippen LogP contribution in [0.1, 0.15) is 28.4 Å². The largest absolute Gasteiger partial charge is 0.449 e. The number of amides is 2. The Morgan fingerprint density at radius 3 is 2.33 bits per heavy atom. The van der Waals surface area contributed by atoms with Crippen LogP contribution in [0.4, 0.5) is 5.69 Å². The second-order valence-electron chi connectivity index (χ2n) is 6.53. The lowest BCUT2D eigenvalue weighted by atomic mass is 10.1. The Labute approximate surface area is 159 Å². The number of carbonyl (C=O) groups is 3. The molecule has 0 fully saturated rings. The van der Waals surface area contributed by atoms with Gasteiger partial charge < -0.3 is 15.0 Å². The molecule has 1 N–H and O–H groups in total. The quantitative estimate of drug-likeness (QED) is 0.796. The van der Waals surface area contributed by atoms with Gasteiger partial charge in [0, 0.05) is 12.7 Å². The molecular weight excluding hydrogens is 344 g/mol. The maximum Gasteiger partial charge on any atom is 0.338 e. The van der Waals surface area contributed by atoms with E-state index in [2.05, 4.69) is 5.32 Å². The smallest absolute Gasteiger partial charge is 0.338 e. The zero-order valence-electron chi connectivity index (χ0n) is 16.0. The predicted octanol–water partition coefficient (Wildman–Crippen LogP) is 2.95. The Kier molecular flexibility index (Phi) is 6.71. The maximum atomic E-state index is 12.4. The molecule has 2 rings (SSSR count). The fraction of sp³-hybridized carbons (Fsp3) is 0.286. The molecule has 142 valence electrons. The van der Waals surface area contributed by atoms with E-state index in [1.807, 2.05) is 32.0 Å². The summed E-state index contributed by atoms with van der Waals surface area (Å²) in [7, 11) is 1.49. The Balaban J connectivity index is 1.88. The monoisotopic (exact) mass is 368 g/mol. The number of nitrogens with one attached hydrogen (secondary N) is 1. The number of benzene rings is 2. The average molecular weight is 368 g/mol. The van der Waals surface area contributed by atoms with Gasteiger partial charge in [-0.05, 0) is 45.0 Å². The molecule has 0 unspecified atom stereocenters. The zero-order chi connectivity index (χ0) is 20.0. The summed E-state index contributed by atoms with van der Waals surface area (Å²) in [5.41, 5.74) is 3.05. The molecule has 27 heavy (non-hydrogen) atoms. The van der Waals surface area contributed by atoms with Crippen LogP contribution < -0.4 is 5.32 Å². The van der Waals surface area contributed by atoms with E-state index in [4.69, 9.17) is 4.74 Å². The Morgan fingerprint density at radius 2 is 1.70 bits per heavy atom. The highest BCUT2D eigenvalue weighted by Crippen LogP contribution is 2.10. The van der Waals surface area contributed by atoms with Crippen molar-refractivity contribution in [1.29, 1.82) is 0 Å². The lowest BCUT2D eigenvalue weighted by Gasteiger charge is -2.21. The van der Waals surface area contributed by atoms with Gasteiger partial charge in [-0.2, -0.15) is 0 Å². The van der Waals surface area contributed by atoms with Crippen molar-refractivity contribution in [2.45, 2.75) is 26.9 Å². The number of hydrogen-bond acceptors (Lipinski definition) is 4.